The van der Waals surface area contributed by atoms with E-state index in [9.17, 15) is 4.79 Å². The van der Waals surface area contributed by atoms with Gasteiger partial charge in [-0.15, -0.1) is 0 Å². The van der Waals surface area contributed by atoms with Crippen LogP contribution >= 0.6 is 0 Å². The van der Waals surface area contributed by atoms with Crippen LogP contribution in [0.1, 0.15) is 45.6 Å². The van der Waals surface area contributed by atoms with Crippen LogP contribution in [0.5, 0.6) is 0 Å². The fourth-order valence-corrected chi connectivity index (χ4v) is 3.46. The van der Waals surface area contributed by atoms with E-state index in [4.69, 9.17) is 0 Å². The normalized spacial score (nSPS) is 17.4. The van der Waals surface area contributed by atoms with Gasteiger partial charge in [0.15, 0.2) is 0 Å². The highest BCUT2D eigenvalue weighted by Gasteiger charge is 2.30. The fraction of sp³-hybridized carbons (Fsp3) is 0.368. The summed E-state index contributed by atoms with van der Waals surface area (Å²) >= 11 is 0. The average Bonchev–Trinajstić information content (AvgIpc) is 3.20. The molecule has 1 aliphatic rings. The molecular formula is C19H21N5O. The molecule has 1 unspecified atom stereocenters. The smallest absolute Gasteiger partial charge is 0.274 e. The van der Waals surface area contributed by atoms with Gasteiger partial charge in [-0.2, -0.15) is 0 Å². The molecule has 1 aliphatic heterocycles. The topological polar surface area (TPSA) is 63.4 Å². The zero-order chi connectivity index (χ0) is 17.6. The molecule has 0 aromatic carbocycles. The standard InChI is InChI=1S/C19H21N5O/c1-12-4-5-17-22-16(11-24(17)9-12)19(25)23-7-6-15(10-23)18-20-13(2)8-14(3)21-18/h4-5,8-9,11,15H,6-7,10H2,1-3H3. The van der Waals surface area contributed by atoms with E-state index < -0.39 is 0 Å². The third-order valence-corrected chi connectivity index (χ3v) is 4.66. The van der Waals surface area contributed by atoms with Crippen molar-refractivity contribution in [2.75, 3.05) is 13.1 Å². The fourth-order valence-electron chi connectivity index (χ4n) is 3.46. The molecule has 1 fully saturated rings. The van der Waals surface area contributed by atoms with Crippen LogP contribution in [-0.2, 0) is 0 Å². The highest BCUT2D eigenvalue weighted by molar-refractivity contribution is 5.93. The summed E-state index contributed by atoms with van der Waals surface area (Å²) in [6.45, 7) is 7.35. The first kappa shape index (κ1) is 15.7. The van der Waals surface area contributed by atoms with Gasteiger partial charge in [0.05, 0.1) is 0 Å². The van der Waals surface area contributed by atoms with E-state index >= 15 is 0 Å². The Morgan fingerprint density at radius 3 is 2.60 bits per heavy atom. The van der Waals surface area contributed by atoms with Crippen LogP contribution in [-0.4, -0.2) is 43.2 Å². The lowest BCUT2D eigenvalue weighted by Gasteiger charge is -2.15. The minimum absolute atomic E-state index is 0.0202. The van der Waals surface area contributed by atoms with Gasteiger partial charge >= 0.3 is 0 Å². The van der Waals surface area contributed by atoms with Crippen LogP contribution in [0.15, 0.2) is 30.6 Å². The van der Waals surface area contributed by atoms with E-state index in [2.05, 4.69) is 15.0 Å². The van der Waals surface area contributed by atoms with Crippen molar-refractivity contribution in [1.82, 2.24) is 24.3 Å². The summed E-state index contributed by atoms with van der Waals surface area (Å²) in [5.74, 6) is 1.02. The molecule has 0 saturated carbocycles. The van der Waals surface area contributed by atoms with Crippen LogP contribution < -0.4 is 0 Å². The molecule has 0 N–H and O–H groups in total. The first-order valence-electron chi connectivity index (χ1n) is 8.56. The van der Waals surface area contributed by atoms with Gasteiger partial charge in [0.1, 0.15) is 17.2 Å². The Hall–Kier alpha value is -2.76. The Morgan fingerprint density at radius 2 is 1.84 bits per heavy atom. The summed E-state index contributed by atoms with van der Waals surface area (Å²) in [7, 11) is 0. The Labute approximate surface area is 146 Å². The number of imidazole rings is 1. The van der Waals surface area contributed by atoms with Crippen molar-refractivity contribution in [1.29, 1.82) is 0 Å². The van der Waals surface area contributed by atoms with E-state index in [-0.39, 0.29) is 11.8 Å². The predicted molar refractivity (Wildman–Crippen MR) is 94.7 cm³/mol. The summed E-state index contributed by atoms with van der Waals surface area (Å²) < 4.78 is 1.91. The highest BCUT2D eigenvalue weighted by Crippen LogP contribution is 2.26. The van der Waals surface area contributed by atoms with Crippen molar-refractivity contribution in [3.05, 3.63) is 59.1 Å². The van der Waals surface area contributed by atoms with Gasteiger partial charge in [0.2, 0.25) is 0 Å². The van der Waals surface area contributed by atoms with E-state index in [0.29, 0.717) is 18.8 Å². The van der Waals surface area contributed by atoms with E-state index in [1.165, 1.54) is 0 Å². The maximum absolute atomic E-state index is 12.8. The van der Waals surface area contributed by atoms with Crippen LogP contribution in [0.3, 0.4) is 0 Å². The maximum atomic E-state index is 12.8. The minimum Gasteiger partial charge on any atom is -0.337 e. The van der Waals surface area contributed by atoms with Crippen molar-refractivity contribution < 1.29 is 4.79 Å². The van der Waals surface area contributed by atoms with Gasteiger partial charge in [-0.3, -0.25) is 4.79 Å². The Balaban J connectivity index is 1.55. The van der Waals surface area contributed by atoms with E-state index in [1.807, 2.05) is 60.7 Å². The predicted octanol–water partition coefficient (Wildman–Crippen LogP) is 2.68. The summed E-state index contributed by atoms with van der Waals surface area (Å²) in [6.07, 6.45) is 4.68. The van der Waals surface area contributed by atoms with Crippen LogP contribution in [0.4, 0.5) is 0 Å². The van der Waals surface area contributed by atoms with Gasteiger partial charge in [0, 0.05) is 42.8 Å². The number of carbonyl (C=O) groups excluding carboxylic acids is 1. The summed E-state index contributed by atoms with van der Waals surface area (Å²) in [5, 5.41) is 0. The SMILES string of the molecule is Cc1ccc2nc(C(=O)N3CCC(c4nc(C)cc(C)n4)C3)cn2c1. The lowest BCUT2D eigenvalue weighted by Crippen LogP contribution is -2.29. The third kappa shape index (κ3) is 2.99. The molecule has 4 rings (SSSR count). The van der Waals surface area contributed by atoms with Crippen molar-refractivity contribution in [2.45, 2.75) is 33.1 Å². The zero-order valence-electron chi connectivity index (χ0n) is 14.7. The maximum Gasteiger partial charge on any atom is 0.274 e. The number of rotatable bonds is 2. The van der Waals surface area contributed by atoms with Gasteiger partial charge in [-0.1, -0.05) is 6.07 Å². The third-order valence-electron chi connectivity index (χ3n) is 4.66. The molecule has 0 radical (unpaired) electrons. The molecule has 0 spiro atoms. The molecule has 3 aromatic rings. The van der Waals surface area contributed by atoms with Crippen molar-refractivity contribution in [2.24, 2.45) is 0 Å². The number of carbonyl (C=O) groups is 1. The average molecular weight is 335 g/mol. The quantitative estimate of drug-likeness (QED) is 0.722. The molecule has 1 amide bonds. The zero-order valence-corrected chi connectivity index (χ0v) is 14.7. The molecule has 6 nitrogen and oxygen atoms in total. The molecule has 0 bridgehead atoms. The number of amides is 1. The molecule has 6 heteroatoms. The number of hydrogen-bond acceptors (Lipinski definition) is 4. The minimum atomic E-state index is -0.0202. The number of aryl methyl sites for hydroxylation is 3. The number of likely N-dealkylation sites (tertiary alicyclic amines) is 1. The molecule has 1 atom stereocenters. The van der Waals surface area contributed by atoms with Crippen molar-refractivity contribution in [3.8, 4) is 0 Å². The Kier molecular flexibility index (Phi) is 3.75. The van der Waals surface area contributed by atoms with E-state index in [0.717, 1.165) is 34.8 Å². The molecule has 4 heterocycles. The molecule has 128 valence electrons. The van der Waals surface area contributed by atoms with E-state index in [1.54, 1.807) is 0 Å². The second-order valence-corrected chi connectivity index (χ2v) is 6.84. The molecule has 25 heavy (non-hydrogen) atoms. The Bertz CT molecular complexity index is 941. The number of hydrogen-bond donors (Lipinski definition) is 0. The molecule has 1 saturated heterocycles. The van der Waals surface area contributed by atoms with Gasteiger partial charge in [-0.05, 0) is 44.9 Å². The number of aromatic nitrogens is 4. The van der Waals surface area contributed by atoms with Gasteiger partial charge in [-0.25, -0.2) is 15.0 Å². The summed E-state index contributed by atoms with van der Waals surface area (Å²) in [5.41, 5.74) is 4.37. The van der Waals surface area contributed by atoms with Crippen molar-refractivity contribution in [3.63, 3.8) is 0 Å². The lowest BCUT2D eigenvalue weighted by molar-refractivity contribution is 0.0785. The van der Waals surface area contributed by atoms with Crippen LogP contribution in [0.25, 0.3) is 5.65 Å². The lowest BCUT2D eigenvalue weighted by atomic mass is 10.1. The first-order valence-corrected chi connectivity index (χ1v) is 8.56. The molecular weight excluding hydrogens is 314 g/mol. The number of pyridine rings is 1. The first-order chi connectivity index (χ1) is 12.0. The highest BCUT2D eigenvalue weighted by atomic mass is 16.2. The van der Waals surface area contributed by atoms with Crippen LogP contribution in [0.2, 0.25) is 0 Å². The summed E-state index contributed by atoms with van der Waals surface area (Å²) in [4.78, 5) is 28.3. The Morgan fingerprint density at radius 1 is 1.08 bits per heavy atom. The monoisotopic (exact) mass is 335 g/mol. The second-order valence-electron chi connectivity index (χ2n) is 6.84. The molecule has 3 aromatic heterocycles. The van der Waals surface area contributed by atoms with Crippen LogP contribution in [0, 0.1) is 20.8 Å². The largest absolute Gasteiger partial charge is 0.337 e. The van der Waals surface area contributed by atoms with Crippen molar-refractivity contribution >= 4 is 11.6 Å². The second kappa shape index (κ2) is 5.95. The van der Waals surface area contributed by atoms with Gasteiger partial charge < -0.3 is 9.30 Å². The number of nitrogens with zero attached hydrogens (tertiary/aromatic N) is 5. The molecule has 0 aliphatic carbocycles. The van der Waals surface area contributed by atoms with Gasteiger partial charge in [0.25, 0.3) is 5.91 Å². The summed E-state index contributed by atoms with van der Waals surface area (Å²) in [6, 6.07) is 5.90. The number of fused-ring (bicyclic) bond motifs is 1.